The van der Waals surface area contributed by atoms with Gasteiger partial charge in [-0.05, 0) is 42.2 Å². The second-order valence-electron chi connectivity index (χ2n) is 5.06. The molecule has 0 saturated heterocycles. The fourth-order valence-corrected chi connectivity index (χ4v) is 2.76. The van der Waals surface area contributed by atoms with Crippen LogP contribution in [-0.4, -0.2) is 0 Å². The lowest BCUT2D eigenvalue weighted by atomic mass is 9.79. The molecule has 0 spiro atoms. The summed E-state index contributed by atoms with van der Waals surface area (Å²) in [5.41, 5.74) is 3.03. The Bertz CT molecular complexity index is 309. The Morgan fingerprint density at radius 2 is 1.76 bits per heavy atom. The molecule has 0 N–H and O–H groups in total. The van der Waals surface area contributed by atoms with Crippen molar-refractivity contribution in [3.05, 3.63) is 48.6 Å². The van der Waals surface area contributed by atoms with Gasteiger partial charge in [-0.25, -0.2) is 0 Å². The van der Waals surface area contributed by atoms with Crippen molar-refractivity contribution in [1.82, 2.24) is 0 Å². The Morgan fingerprint density at radius 3 is 2.29 bits per heavy atom. The van der Waals surface area contributed by atoms with E-state index in [2.05, 4.69) is 51.3 Å². The molecule has 1 aliphatic rings. The summed E-state index contributed by atoms with van der Waals surface area (Å²) in [4.78, 5) is 0. The van der Waals surface area contributed by atoms with E-state index >= 15 is 0 Å². The fraction of sp³-hybridized carbons (Fsp3) is 0.529. The molecule has 1 saturated carbocycles. The van der Waals surface area contributed by atoms with Gasteiger partial charge in [0.2, 0.25) is 0 Å². The zero-order chi connectivity index (χ0) is 12.7. The maximum Gasteiger partial charge on any atom is -0.0159 e. The van der Waals surface area contributed by atoms with E-state index in [4.69, 9.17) is 0 Å². The first-order valence-electron chi connectivity index (χ1n) is 6.88. The summed E-state index contributed by atoms with van der Waals surface area (Å²) in [5, 5.41) is 0. The lowest BCUT2D eigenvalue weighted by molar-refractivity contribution is 0.344. The zero-order valence-corrected chi connectivity index (χ0v) is 11.4. The number of benzene rings is 1. The Balaban J connectivity index is 0.000000686. The van der Waals surface area contributed by atoms with Gasteiger partial charge in [-0.3, -0.25) is 0 Å². The third-order valence-corrected chi connectivity index (χ3v) is 3.80. The van der Waals surface area contributed by atoms with Crippen LogP contribution in [0.2, 0.25) is 0 Å². The van der Waals surface area contributed by atoms with E-state index in [9.17, 15) is 0 Å². The van der Waals surface area contributed by atoms with Crippen LogP contribution in [-0.2, 0) is 6.42 Å². The molecule has 0 aliphatic heterocycles. The molecule has 0 bridgehead atoms. The van der Waals surface area contributed by atoms with Crippen molar-refractivity contribution in [2.45, 2.75) is 51.9 Å². The summed E-state index contributed by atoms with van der Waals surface area (Å²) < 4.78 is 0. The highest BCUT2D eigenvalue weighted by Crippen LogP contribution is 2.35. The highest BCUT2D eigenvalue weighted by atomic mass is 14.2. The van der Waals surface area contributed by atoms with Crippen LogP contribution in [0.4, 0.5) is 0 Å². The molecule has 2 rings (SSSR count). The molecule has 94 valence electrons. The minimum absolute atomic E-state index is 0.833. The molecule has 0 radical (unpaired) electrons. The minimum atomic E-state index is 0.833. The number of hydrogen-bond donors (Lipinski definition) is 0. The van der Waals surface area contributed by atoms with E-state index in [-0.39, 0.29) is 0 Å². The second kappa shape index (κ2) is 7.32. The van der Waals surface area contributed by atoms with Gasteiger partial charge in [-0.15, -0.1) is 13.2 Å². The van der Waals surface area contributed by atoms with Gasteiger partial charge in [0.1, 0.15) is 0 Å². The SMILES string of the molecule is C=C.CCc1ccc(C2CCCC(C)C2)cc1. The molecule has 17 heavy (non-hydrogen) atoms. The van der Waals surface area contributed by atoms with Gasteiger partial charge < -0.3 is 0 Å². The topological polar surface area (TPSA) is 0 Å². The van der Waals surface area contributed by atoms with Crippen LogP contribution in [0, 0.1) is 5.92 Å². The molecule has 0 heterocycles. The summed E-state index contributed by atoms with van der Waals surface area (Å²) in [6.07, 6.45) is 6.80. The number of aryl methyl sites for hydroxylation is 1. The number of rotatable bonds is 2. The molecule has 1 aliphatic carbocycles. The standard InChI is InChI=1S/C15H22.C2H4/c1-3-13-7-9-14(10-8-13)15-6-4-5-12(2)11-15;1-2/h7-10,12,15H,3-6,11H2,1-2H3;1-2H2. The van der Waals surface area contributed by atoms with Gasteiger partial charge >= 0.3 is 0 Å². The first-order chi connectivity index (χ1) is 8.29. The van der Waals surface area contributed by atoms with Gasteiger partial charge in [0.05, 0.1) is 0 Å². The lowest BCUT2D eigenvalue weighted by Gasteiger charge is -2.27. The first-order valence-corrected chi connectivity index (χ1v) is 6.88. The van der Waals surface area contributed by atoms with Gasteiger partial charge in [0.15, 0.2) is 0 Å². The largest absolute Gasteiger partial charge is 0.106 e. The zero-order valence-electron chi connectivity index (χ0n) is 11.4. The molecule has 0 heteroatoms. The monoisotopic (exact) mass is 230 g/mol. The predicted molar refractivity (Wildman–Crippen MR) is 77.4 cm³/mol. The molecule has 0 aromatic heterocycles. The smallest absolute Gasteiger partial charge is 0.0159 e. The first kappa shape index (κ1) is 14.0. The van der Waals surface area contributed by atoms with Crippen molar-refractivity contribution in [3.8, 4) is 0 Å². The molecule has 2 unspecified atom stereocenters. The average molecular weight is 230 g/mol. The molecule has 2 atom stereocenters. The van der Waals surface area contributed by atoms with Crippen LogP contribution in [0.1, 0.15) is 56.6 Å². The van der Waals surface area contributed by atoms with E-state index < -0.39 is 0 Å². The molecule has 1 aromatic rings. The third kappa shape index (κ3) is 4.03. The molecule has 1 fully saturated rings. The molecule has 1 aromatic carbocycles. The normalized spacial score (nSPS) is 23.6. The summed E-state index contributed by atoms with van der Waals surface area (Å²) in [5.74, 6) is 1.76. The maximum atomic E-state index is 3.00. The molecular weight excluding hydrogens is 204 g/mol. The quantitative estimate of drug-likeness (QED) is 0.601. The molecule has 0 nitrogen and oxygen atoms in total. The van der Waals surface area contributed by atoms with Gasteiger partial charge in [-0.2, -0.15) is 0 Å². The van der Waals surface area contributed by atoms with E-state index in [0.29, 0.717) is 0 Å². The number of hydrogen-bond acceptors (Lipinski definition) is 0. The van der Waals surface area contributed by atoms with Crippen LogP contribution in [0.15, 0.2) is 37.4 Å². The summed E-state index contributed by atoms with van der Waals surface area (Å²) >= 11 is 0. The molecule has 0 amide bonds. The van der Waals surface area contributed by atoms with E-state index in [1.807, 2.05) is 0 Å². The average Bonchev–Trinajstić information content (AvgIpc) is 2.41. The van der Waals surface area contributed by atoms with Gasteiger partial charge in [0, 0.05) is 0 Å². The van der Waals surface area contributed by atoms with Crippen LogP contribution in [0.5, 0.6) is 0 Å². The summed E-state index contributed by atoms with van der Waals surface area (Å²) in [6, 6.07) is 9.30. The summed E-state index contributed by atoms with van der Waals surface area (Å²) in [6.45, 7) is 10.6. The van der Waals surface area contributed by atoms with Crippen molar-refractivity contribution >= 4 is 0 Å². The van der Waals surface area contributed by atoms with Crippen molar-refractivity contribution < 1.29 is 0 Å². The third-order valence-electron chi connectivity index (χ3n) is 3.80. The van der Waals surface area contributed by atoms with E-state index in [1.165, 1.54) is 31.2 Å². The van der Waals surface area contributed by atoms with Crippen molar-refractivity contribution in [2.75, 3.05) is 0 Å². The summed E-state index contributed by atoms with van der Waals surface area (Å²) in [7, 11) is 0. The van der Waals surface area contributed by atoms with E-state index in [1.54, 1.807) is 5.56 Å². The Kier molecular flexibility index (Phi) is 6.04. The van der Waals surface area contributed by atoms with Crippen molar-refractivity contribution in [1.29, 1.82) is 0 Å². The molecular formula is C17H26. The Hall–Kier alpha value is -1.04. The predicted octanol–water partition coefficient (Wildman–Crippen LogP) is 5.34. The minimum Gasteiger partial charge on any atom is -0.106 e. The van der Waals surface area contributed by atoms with Crippen molar-refractivity contribution in [3.63, 3.8) is 0 Å². The lowest BCUT2D eigenvalue weighted by Crippen LogP contribution is -2.11. The highest BCUT2D eigenvalue weighted by Gasteiger charge is 2.19. The van der Waals surface area contributed by atoms with Crippen LogP contribution in [0.3, 0.4) is 0 Å². The van der Waals surface area contributed by atoms with Gasteiger partial charge in [-0.1, -0.05) is 51.0 Å². The van der Waals surface area contributed by atoms with Crippen LogP contribution in [0.25, 0.3) is 0 Å². The van der Waals surface area contributed by atoms with Crippen molar-refractivity contribution in [2.24, 2.45) is 5.92 Å². The second-order valence-corrected chi connectivity index (χ2v) is 5.06. The highest BCUT2D eigenvalue weighted by molar-refractivity contribution is 5.25. The Morgan fingerprint density at radius 1 is 1.12 bits per heavy atom. The maximum absolute atomic E-state index is 3.00. The van der Waals surface area contributed by atoms with Crippen LogP contribution >= 0.6 is 0 Å². The Labute approximate surface area is 107 Å². The fourth-order valence-electron chi connectivity index (χ4n) is 2.76. The van der Waals surface area contributed by atoms with Gasteiger partial charge in [0.25, 0.3) is 0 Å². The van der Waals surface area contributed by atoms with E-state index in [0.717, 1.165) is 18.3 Å². The van der Waals surface area contributed by atoms with Crippen LogP contribution < -0.4 is 0 Å².